The monoisotopic (exact) mass is 229 g/mol. The van der Waals surface area contributed by atoms with Gasteiger partial charge in [-0.2, -0.15) is 0 Å². The molecule has 0 radical (unpaired) electrons. The number of nitrogens with one attached hydrogen (secondary N) is 1. The molecule has 1 unspecified atom stereocenters. The molecule has 1 atom stereocenters. The first-order valence-corrected chi connectivity index (χ1v) is 7.12. The Hall–Kier alpha value is -0.820. The van der Waals surface area contributed by atoms with Gasteiger partial charge in [0.2, 0.25) is 0 Å². The fraction of sp³-hybridized carbons (Fsp3) is 0.625. The number of benzene rings is 1. The number of hydrogen-bond acceptors (Lipinski definition) is 1. The fourth-order valence-electron chi connectivity index (χ4n) is 3.44. The topological polar surface area (TPSA) is 12.0 Å². The van der Waals surface area contributed by atoms with Gasteiger partial charge in [-0.15, -0.1) is 0 Å². The lowest BCUT2D eigenvalue weighted by molar-refractivity contribution is 0.372. The van der Waals surface area contributed by atoms with Gasteiger partial charge in [0.25, 0.3) is 0 Å². The van der Waals surface area contributed by atoms with Gasteiger partial charge in [0.1, 0.15) is 0 Å². The average molecular weight is 229 g/mol. The van der Waals surface area contributed by atoms with Crippen molar-refractivity contribution in [2.75, 3.05) is 13.1 Å². The molecule has 1 heterocycles. The van der Waals surface area contributed by atoms with Crippen LogP contribution in [0.1, 0.15) is 36.5 Å². The van der Waals surface area contributed by atoms with E-state index in [1.54, 1.807) is 16.7 Å². The smallest absolute Gasteiger partial charge is 0.00462 e. The molecule has 1 nitrogen and oxygen atoms in total. The van der Waals surface area contributed by atoms with Crippen LogP contribution in [0.25, 0.3) is 0 Å². The Morgan fingerprint density at radius 2 is 1.88 bits per heavy atom. The lowest BCUT2D eigenvalue weighted by Crippen LogP contribution is -2.28. The van der Waals surface area contributed by atoms with Crippen molar-refractivity contribution < 1.29 is 0 Å². The molecule has 0 saturated carbocycles. The summed E-state index contributed by atoms with van der Waals surface area (Å²) in [7, 11) is 0. The van der Waals surface area contributed by atoms with Crippen molar-refractivity contribution in [3.63, 3.8) is 0 Å². The van der Waals surface area contributed by atoms with E-state index in [4.69, 9.17) is 0 Å². The third-order valence-corrected chi connectivity index (χ3v) is 4.39. The highest BCUT2D eigenvalue weighted by atomic mass is 14.9. The van der Waals surface area contributed by atoms with Crippen LogP contribution in [0.5, 0.6) is 0 Å². The Morgan fingerprint density at radius 1 is 1.12 bits per heavy atom. The highest BCUT2D eigenvalue weighted by Crippen LogP contribution is 2.28. The lowest BCUT2D eigenvalue weighted by Gasteiger charge is -2.22. The van der Waals surface area contributed by atoms with E-state index >= 15 is 0 Å². The summed E-state index contributed by atoms with van der Waals surface area (Å²) in [6.07, 6.45) is 6.60. The molecule has 0 spiro atoms. The van der Waals surface area contributed by atoms with E-state index in [1.807, 2.05) is 0 Å². The Balaban J connectivity index is 1.69. The number of fused-ring (bicyclic) bond motifs is 1. The van der Waals surface area contributed by atoms with Gasteiger partial charge in [-0.25, -0.2) is 0 Å². The van der Waals surface area contributed by atoms with Gasteiger partial charge >= 0.3 is 0 Å². The quantitative estimate of drug-likeness (QED) is 0.822. The maximum atomic E-state index is 3.45. The van der Waals surface area contributed by atoms with Crippen molar-refractivity contribution >= 4 is 0 Å². The van der Waals surface area contributed by atoms with Crippen molar-refractivity contribution in [1.29, 1.82) is 0 Å². The molecule has 0 amide bonds. The van der Waals surface area contributed by atoms with Gasteiger partial charge in [0.15, 0.2) is 0 Å². The van der Waals surface area contributed by atoms with Crippen molar-refractivity contribution in [1.82, 2.24) is 5.32 Å². The second-order valence-corrected chi connectivity index (χ2v) is 6.01. The molecule has 0 bridgehead atoms. The van der Waals surface area contributed by atoms with Crippen molar-refractivity contribution in [2.45, 2.75) is 39.0 Å². The largest absolute Gasteiger partial charge is 0.317 e. The van der Waals surface area contributed by atoms with Crippen LogP contribution in [-0.4, -0.2) is 13.1 Å². The van der Waals surface area contributed by atoms with Gasteiger partial charge in [-0.3, -0.25) is 0 Å². The third-order valence-electron chi connectivity index (χ3n) is 4.39. The fourth-order valence-corrected chi connectivity index (χ4v) is 3.44. The third kappa shape index (κ3) is 2.55. The molecule has 0 aromatic heterocycles. The molecule has 1 saturated heterocycles. The molecule has 1 aromatic carbocycles. The lowest BCUT2D eigenvalue weighted by atomic mass is 9.90. The molecule has 17 heavy (non-hydrogen) atoms. The summed E-state index contributed by atoms with van der Waals surface area (Å²) >= 11 is 0. The summed E-state index contributed by atoms with van der Waals surface area (Å²) < 4.78 is 0. The normalized spacial score (nSPS) is 24.9. The van der Waals surface area contributed by atoms with Crippen LogP contribution in [0.15, 0.2) is 18.2 Å². The predicted octanol–water partition coefficient (Wildman–Crippen LogP) is 2.96. The van der Waals surface area contributed by atoms with E-state index in [1.165, 1.54) is 45.2 Å². The average Bonchev–Trinajstić information content (AvgIpc) is 2.70. The molecule has 1 aliphatic carbocycles. The first kappa shape index (κ1) is 11.3. The summed E-state index contributed by atoms with van der Waals surface area (Å²) in [5, 5.41) is 3.45. The van der Waals surface area contributed by atoms with Crippen LogP contribution in [0.4, 0.5) is 0 Å². The SMILES string of the molecule is CC1Cc2ccc(CC3CCNCC3)cc2C1. The van der Waals surface area contributed by atoms with E-state index in [0.29, 0.717) is 0 Å². The van der Waals surface area contributed by atoms with Crippen LogP contribution in [-0.2, 0) is 19.3 Å². The molecule has 2 aliphatic rings. The molecule has 3 rings (SSSR count). The van der Waals surface area contributed by atoms with Crippen LogP contribution in [0.3, 0.4) is 0 Å². The first-order chi connectivity index (χ1) is 8.31. The van der Waals surface area contributed by atoms with Gasteiger partial charge in [-0.1, -0.05) is 25.1 Å². The summed E-state index contributed by atoms with van der Waals surface area (Å²) in [5.74, 6) is 1.77. The van der Waals surface area contributed by atoms with Gasteiger partial charge < -0.3 is 5.32 Å². The molecule has 1 fully saturated rings. The minimum Gasteiger partial charge on any atom is -0.317 e. The number of hydrogen-bond donors (Lipinski definition) is 1. The Bertz CT molecular complexity index is 391. The van der Waals surface area contributed by atoms with Gasteiger partial charge in [0.05, 0.1) is 0 Å². The zero-order chi connectivity index (χ0) is 11.7. The predicted molar refractivity (Wildman–Crippen MR) is 72.3 cm³/mol. The van der Waals surface area contributed by atoms with E-state index < -0.39 is 0 Å². The zero-order valence-electron chi connectivity index (χ0n) is 10.8. The molecular formula is C16H23N. The van der Waals surface area contributed by atoms with Gasteiger partial charge in [0, 0.05) is 0 Å². The summed E-state index contributed by atoms with van der Waals surface area (Å²) in [6, 6.07) is 7.25. The second-order valence-electron chi connectivity index (χ2n) is 6.01. The minimum absolute atomic E-state index is 0.860. The summed E-state index contributed by atoms with van der Waals surface area (Å²) in [6.45, 7) is 4.80. The molecule has 1 N–H and O–H groups in total. The van der Waals surface area contributed by atoms with Crippen LogP contribution >= 0.6 is 0 Å². The van der Waals surface area contributed by atoms with Crippen molar-refractivity contribution in [3.8, 4) is 0 Å². The Kier molecular flexibility index (Phi) is 3.19. The van der Waals surface area contributed by atoms with E-state index in [9.17, 15) is 0 Å². The van der Waals surface area contributed by atoms with Crippen LogP contribution < -0.4 is 5.32 Å². The summed E-state index contributed by atoms with van der Waals surface area (Å²) in [4.78, 5) is 0. The van der Waals surface area contributed by atoms with Crippen LogP contribution in [0.2, 0.25) is 0 Å². The Morgan fingerprint density at radius 3 is 2.71 bits per heavy atom. The van der Waals surface area contributed by atoms with E-state index in [2.05, 4.69) is 30.4 Å². The summed E-state index contributed by atoms with van der Waals surface area (Å²) in [5.41, 5.74) is 4.81. The second kappa shape index (κ2) is 4.81. The molecule has 1 aromatic rings. The number of piperidine rings is 1. The molecule has 92 valence electrons. The first-order valence-electron chi connectivity index (χ1n) is 7.12. The van der Waals surface area contributed by atoms with E-state index in [-0.39, 0.29) is 0 Å². The minimum atomic E-state index is 0.860. The van der Waals surface area contributed by atoms with Gasteiger partial charge in [-0.05, 0) is 73.7 Å². The number of rotatable bonds is 2. The Labute approximate surface area is 105 Å². The van der Waals surface area contributed by atoms with E-state index in [0.717, 1.165) is 11.8 Å². The highest BCUT2D eigenvalue weighted by molar-refractivity contribution is 5.36. The maximum Gasteiger partial charge on any atom is -0.00462 e. The van der Waals surface area contributed by atoms with Crippen molar-refractivity contribution in [3.05, 3.63) is 34.9 Å². The van der Waals surface area contributed by atoms with Crippen molar-refractivity contribution in [2.24, 2.45) is 11.8 Å². The highest BCUT2D eigenvalue weighted by Gasteiger charge is 2.19. The molecule has 1 aliphatic heterocycles. The standard InChI is InChI=1S/C16H23N/c1-12-8-15-3-2-14(11-16(15)9-12)10-13-4-6-17-7-5-13/h2-3,11-13,17H,4-10H2,1H3. The maximum absolute atomic E-state index is 3.45. The zero-order valence-corrected chi connectivity index (χ0v) is 10.8. The van der Waals surface area contributed by atoms with Crippen LogP contribution in [0, 0.1) is 11.8 Å². The molecule has 1 heteroatoms. The molecular weight excluding hydrogens is 206 g/mol.